The second kappa shape index (κ2) is 11.0. The van der Waals surface area contributed by atoms with Crippen molar-refractivity contribution in [3.05, 3.63) is 71.9 Å². The minimum atomic E-state index is -1.18. The first-order valence-electron chi connectivity index (χ1n) is 11.3. The van der Waals surface area contributed by atoms with Crippen molar-refractivity contribution in [1.82, 2.24) is 15.6 Å². The number of nitrogens with one attached hydrogen (secondary N) is 3. The molecule has 0 saturated carbocycles. The van der Waals surface area contributed by atoms with Crippen molar-refractivity contribution in [3.8, 4) is 0 Å². The molecule has 8 heteroatoms. The lowest BCUT2D eigenvalue weighted by atomic mass is 10.0. The minimum absolute atomic E-state index is 0.191. The van der Waals surface area contributed by atoms with Gasteiger partial charge in [0.05, 0.1) is 12.1 Å². The largest absolute Gasteiger partial charge is 0.464 e. The number of hydrogen-bond donors (Lipinski definition) is 4. The van der Waals surface area contributed by atoms with Gasteiger partial charge in [-0.2, -0.15) is 0 Å². The Hall–Kier alpha value is -3.65. The molecule has 2 atom stereocenters. The van der Waals surface area contributed by atoms with Crippen molar-refractivity contribution < 1.29 is 19.1 Å². The number of aromatic amines is 1. The average molecular weight is 465 g/mol. The van der Waals surface area contributed by atoms with Crippen LogP contribution in [0.2, 0.25) is 0 Å². The lowest BCUT2D eigenvalue weighted by Crippen LogP contribution is -2.58. The Labute approximate surface area is 199 Å². The molecule has 5 N–H and O–H groups in total. The molecule has 0 fully saturated rings. The number of H-pyrrole nitrogens is 1. The first-order valence-corrected chi connectivity index (χ1v) is 11.3. The number of amides is 2. The van der Waals surface area contributed by atoms with Crippen LogP contribution in [0.1, 0.15) is 31.9 Å². The molecule has 0 aliphatic heterocycles. The molecule has 0 spiro atoms. The van der Waals surface area contributed by atoms with Crippen molar-refractivity contribution in [2.75, 3.05) is 6.61 Å². The van der Waals surface area contributed by atoms with E-state index in [9.17, 15) is 14.4 Å². The van der Waals surface area contributed by atoms with E-state index >= 15 is 0 Å². The maximum absolute atomic E-state index is 13.4. The molecule has 180 valence electrons. The normalized spacial score (nSPS) is 13.2. The minimum Gasteiger partial charge on any atom is -0.464 e. The molecule has 0 bridgehead atoms. The highest BCUT2D eigenvalue weighted by Crippen LogP contribution is 2.19. The molecule has 0 aliphatic rings. The number of para-hydroxylation sites is 1. The van der Waals surface area contributed by atoms with E-state index in [0.717, 1.165) is 22.0 Å². The molecule has 2 amide bonds. The fourth-order valence-corrected chi connectivity index (χ4v) is 3.63. The van der Waals surface area contributed by atoms with Gasteiger partial charge in [-0.25, -0.2) is 4.79 Å². The van der Waals surface area contributed by atoms with Gasteiger partial charge in [-0.05, 0) is 38.0 Å². The molecule has 1 aromatic heterocycles. The number of benzene rings is 2. The van der Waals surface area contributed by atoms with E-state index in [1.165, 1.54) is 0 Å². The van der Waals surface area contributed by atoms with Gasteiger partial charge in [-0.3, -0.25) is 9.59 Å². The standard InChI is InChI=1S/C26H32N4O4/c1-4-34-24(32)22(14-17-10-6-5-7-11-17)29-23(31)21(30-25(33)26(2,3)27)15-18-16-28-20-13-9-8-12-19(18)20/h5-13,16,21-22,28H,4,14-15,27H2,1-3H3,(H,29,31)(H,30,33)/t21-,22-/m1/s1. The monoisotopic (exact) mass is 464 g/mol. The van der Waals surface area contributed by atoms with Gasteiger partial charge in [0.25, 0.3) is 0 Å². The van der Waals surface area contributed by atoms with Crippen LogP contribution < -0.4 is 16.4 Å². The SMILES string of the molecule is CCOC(=O)[C@@H](Cc1ccccc1)NC(=O)[C@@H](Cc1c[nH]c2ccccc12)NC(=O)C(C)(C)N. The third-order valence-corrected chi connectivity index (χ3v) is 5.48. The molecule has 3 rings (SSSR count). The second-order valence-electron chi connectivity index (χ2n) is 8.81. The number of ether oxygens (including phenoxy) is 1. The summed E-state index contributed by atoms with van der Waals surface area (Å²) in [5.74, 6) is -1.49. The van der Waals surface area contributed by atoms with E-state index in [2.05, 4.69) is 15.6 Å². The van der Waals surface area contributed by atoms with Crippen LogP contribution in [-0.4, -0.2) is 47.0 Å². The fraction of sp³-hybridized carbons (Fsp3) is 0.346. The van der Waals surface area contributed by atoms with Crippen LogP contribution in [0.5, 0.6) is 0 Å². The maximum atomic E-state index is 13.4. The zero-order valence-corrected chi connectivity index (χ0v) is 19.8. The Morgan fingerprint density at radius 2 is 1.65 bits per heavy atom. The number of aromatic nitrogens is 1. The van der Waals surface area contributed by atoms with E-state index in [-0.39, 0.29) is 19.4 Å². The Balaban J connectivity index is 1.85. The first kappa shape index (κ1) is 25.0. The van der Waals surface area contributed by atoms with Crippen molar-refractivity contribution in [1.29, 1.82) is 0 Å². The summed E-state index contributed by atoms with van der Waals surface area (Å²) in [5, 5.41) is 6.50. The van der Waals surface area contributed by atoms with Crippen molar-refractivity contribution >= 4 is 28.7 Å². The Morgan fingerprint density at radius 3 is 2.32 bits per heavy atom. The molecule has 8 nitrogen and oxygen atoms in total. The number of esters is 1. The van der Waals surface area contributed by atoms with Gasteiger partial charge in [0.1, 0.15) is 12.1 Å². The summed E-state index contributed by atoms with van der Waals surface area (Å²) in [5.41, 5.74) is 7.45. The number of nitrogens with two attached hydrogens (primary N) is 1. The molecule has 0 unspecified atom stereocenters. The highest BCUT2D eigenvalue weighted by Gasteiger charge is 2.31. The number of rotatable bonds is 10. The zero-order chi connectivity index (χ0) is 24.7. The van der Waals surface area contributed by atoms with Gasteiger partial charge in [0.2, 0.25) is 11.8 Å². The van der Waals surface area contributed by atoms with Gasteiger partial charge in [-0.15, -0.1) is 0 Å². The Morgan fingerprint density at radius 1 is 0.971 bits per heavy atom. The summed E-state index contributed by atoms with van der Waals surface area (Å²) >= 11 is 0. The summed E-state index contributed by atoms with van der Waals surface area (Å²) in [4.78, 5) is 41.9. The molecule has 0 aliphatic carbocycles. The third kappa shape index (κ3) is 6.45. The van der Waals surface area contributed by atoms with Gasteiger partial charge < -0.3 is 26.1 Å². The summed E-state index contributed by atoms with van der Waals surface area (Å²) in [6.07, 6.45) is 2.30. The van der Waals surface area contributed by atoms with E-state index in [0.29, 0.717) is 0 Å². The molecule has 34 heavy (non-hydrogen) atoms. The van der Waals surface area contributed by atoms with Gasteiger partial charge in [-0.1, -0.05) is 48.5 Å². The lowest BCUT2D eigenvalue weighted by molar-refractivity contribution is -0.147. The average Bonchev–Trinajstić information content (AvgIpc) is 3.21. The van der Waals surface area contributed by atoms with E-state index < -0.39 is 35.4 Å². The number of carbonyl (C=O) groups excluding carboxylic acids is 3. The topological polar surface area (TPSA) is 126 Å². The summed E-state index contributed by atoms with van der Waals surface area (Å²) in [6.45, 7) is 5.04. The van der Waals surface area contributed by atoms with Crippen LogP contribution in [0, 0.1) is 0 Å². The second-order valence-corrected chi connectivity index (χ2v) is 8.81. The number of fused-ring (bicyclic) bond motifs is 1. The molecule has 0 radical (unpaired) electrons. The Bertz CT molecular complexity index is 1130. The predicted octanol–water partition coefficient (Wildman–Crippen LogP) is 2.22. The van der Waals surface area contributed by atoms with E-state index in [1.54, 1.807) is 20.8 Å². The Kier molecular flexibility index (Phi) is 8.07. The number of carbonyl (C=O) groups is 3. The zero-order valence-electron chi connectivity index (χ0n) is 19.8. The van der Waals surface area contributed by atoms with Crippen molar-refractivity contribution in [2.24, 2.45) is 5.73 Å². The molecular formula is C26H32N4O4. The van der Waals surface area contributed by atoms with Crippen LogP contribution in [0.25, 0.3) is 10.9 Å². The number of hydrogen-bond acceptors (Lipinski definition) is 5. The van der Waals surface area contributed by atoms with Gasteiger partial charge >= 0.3 is 5.97 Å². The van der Waals surface area contributed by atoms with Crippen molar-refractivity contribution in [3.63, 3.8) is 0 Å². The van der Waals surface area contributed by atoms with Crippen LogP contribution >= 0.6 is 0 Å². The predicted molar refractivity (Wildman–Crippen MR) is 131 cm³/mol. The molecule has 0 saturated heterocycles. The smallest absolute Gasteiger partial charge is 0.328 e. The lowest BCUT2D eigenvalue weighted by Gasteiger charge is -2.26. The van der Waals surface area contributed by atoms with Crippen LogP contribution in [0.4, 0.5) is 0 Å². The quantitative estimate of drug-likeness (QED) is 0.342. The van der Waals surface area contributed by atoms with Gasteiger partial charge in [0, 0.05) is 29.9 Å². The van der Waals surface area contributed by atoms with E-state index in [1.807, 2.05) is 60.8 Å². The maximum Gasteiger partial charge on any atom is 0.328 e. The first-order chi connectivity index (χ1) is 16.2. The summed E-state index contributed by atoms with van der Waals surface area (Å²) in [7, 11) is 0. The molecular weight excluding hydrogens is 432 g/mol. The fourth-order valence-electron chi connectivity index (χ4n) is 3.63. The molecule has 2 aromatic carbocycles. The van der Waals surface area contributed by atoms with Crippen molar-refractivity contribution in [2.45, 2.75) is 51.2 Å². The summed E-state index contributed by atoms with van der Waals surface area (Å²) < 4.78 is 5.19. The molecule has 3 aromatic rings. The summed E-state index contributed by atoms with van der Waals surface area (Å²) in [6, 6.07) is 15.2. The van der Waals surface area contributed by atoms with Crippen LogP contribution in [-0.2, 0) is 32.0 Å². The van der Waals surface area contributed by atoms with Crippen LogP contribution in [0.3, 0.4) is 0 Å². The van der Waals surface area contributed by atoms with Gasteiger partial charge in [0.15, 0.2) is 0 Å². The highest BCUT2D eigenvalue weighted by molar-refractivity contribution is 5.94. The third-order valence-electron chi connectivity index (χ3n) is 5.48. The van der Waals surface area contributed by atoms with Crippen LogP contribution in [0.15, 0.2) is 60.8 Å². The molecule has 1 heterocycles. The highest BCUT2D eigenvalue weighted by atomic mass is 16.5. The van der Waals surface area contributed by atoms with E-state index in [4.69, 9.17) is 10.5 Å².